The second kappa shape index (κ2) is 8.54. The average Bonchev–Trinajstić information content (AvgIpc) is 3.26. The van der Waals surface area contributed by atoms with E-state index in [4.69, 9.17) is 9.15 Å². The highest BCUT2D eigenvalue weighted by molar-refractivity contribution is 5.94. The molecule has 3 aromatic rings. The zero-order chi connectivity index (χ0) is 21.1. The molecule has 10 heteroatoms. The molecule has 30 heavy (non-hydrogen) atoms. The first-order chi connectivity index (χ1) is 14.6. The van der Waals surface area contributed by atoms with Crippen molar-refractivity contribution >= 4 is 11.7 Å². The summed E-state index contributed by atoms with van der Waals surface area (Å²) in [5.74, 6) is -0.768. The Morgan fingerprint density at radius 3 is 2.73 bits per heavy atom. The number of methoxy groups -OCH3 is 1. The maximum atomic E-state index is 13.0. The third kappa shape index (κ3) is 3.99. The van der Waals surface area contributed by atoms with Crippen molar-refractivity contribution in [2.24, 2.45) is 0 Å². The highest BCUT2D eigenvalue weighted by atomic mass is 19.3. The molecule has 1 aromatic carbocycles. The lowest BCUT2D eigenvalue weighted by molar-refractivity contribution is 0.116. The summed E-state index contributed by atoms with van der Waals surface area (Å²) >= 11 is 0. The number of rotatable bonds is 7. The number of benzene rings is 1. The van der Waals surface area contributed by atoms with Gasteiger partial charge in [0, 0.05) is 26.4 Å². The summed E-state index contributed by atoms with van der Waals surface area (Å²) in [6.07, 6.45) is -1.37. The third-order valence-corrected chi connectivity index (χ3v) is 4.73. The molecule has 156 valence electrons. The zero-order valence-electron chi connectivity index (χ0n) is 16.2. The van der Waals surface area contributed by atoms with E-state index in [1.165, 1.54) is 6.20 Å². The van der Waals surface area contributed by atoms with Gasteiger partial charge in [-0.3, -0.25) is 9.88 Å². The van der Waals surface area contributed by atoms with Crippen molar-refractivity contribution in [1.82, 2.24) is 20.1 Å². The Bertz CT molecular complexity index is 1030. The summed E-state index contributed by atoms with van der Waals surface area (Å²) in [5.41, 5.74) is 2.92. The molecule has 1 aliphatic heterocycles. The standard InChI is InChI=1S/C20H19F2N5O3/c1-29-9-8-26-11-14-4-2-3-5-16(14)27(20(26)28)12-15-7-6-13(10-23-15)18-24-25-19(30-18)17(21)22/h2-7,10,17H,8-9,11-12H2,1H3. The molecular weight excluding hydrogens is 396 g/mol. The van der Waals surface area contributed by atoms with Gasteiger partial charge in [-0.05, 0) is 23.8 Å². The number of fused-ring (bicyclic) bond motifs is 1. The smallest absolute Gasteiger partial charge is 0.325 e. The Morgan fingerprint density at radius 1 is 1.20 bits per heavy atom. The first kappa shape index (κ1) is 19.9. The minimum absolute atomic E-state index is 0.0329. The van der Waals surface area contributed by atoms with Gasteiger partial charge in [0.2, 0.25) is 5.89 Å². The number of aromatic nitrogens is 3. The minimum atomic E-state index is -2.83. The van der Waals surface area contributed by atoms with Gasteiger partial charge in [-0.2, -0.15) is 8.78 Å². The van der Waals surface area contributed by atoms with Crippen molar-refractivity contribution in [2.75, 3.05) is 25.2 Å². The molecule has 0 saturated heterocycles. The molecule has 1 aliphatic rings. The van der Waals surface area contributed by atoms with Gasteiger partial charge in [-0.1, -0.05) is 18.2 Å². The van der Waals surface area contributed by atoms with Crippen LogP contribution in [0.5, 0.6) is 0 Å². The fourth-order valence-electron chi connectivity index (χ4n) is 3.23. The Labute approximate surface area is 171 Å². The predicted octanol–water partition coefficient (Wildman–Crippen LogP) is 3.66. The van der Waals surface area contributed by atoms with Crippen LogP contribution in [-0.4, -0.2) is 46.4 Å². The van der Waals surface area contributed by atoms with Crippen LogP contribution in [0, 0.1) is 0 Å². The number of ether oxygens (including phenoxy) is 1. The largest absolute Gasteiger partial charge is 0.415 e. The molecule has 8 nitrogen and oxygen atoms in total. The number of pyridine rings is 1. The van der Waals surface area contributed by atoms with Gasteiger partial charge in [0.25, 0.3) is 5.89 Å². The number of alkyl halides is 2. The first-order valence-electron chi connectivity index (χ1n) is 9.27. The number of halogens is 2. The molecule has 0 spiro atoms. The van der Waals surface area contributed by atoms with Crippen LogP contribution in [0.3, 0.4) is 0 Å². The second-order valence-corrected chi connectivity index (χ2v) is 6.70. The molecule has 4 rings (SSSR count). The van der Waals surface area contributed by atoms with Gasteiger partial charge >= 0.3 is 12.5 Å². The molecular formula is C20H19F2N5O3. The third-order valence-electron chi connectivity index (χ3n) is 4.73. The number of para-hydroxylation sites is 1. The molecule has 0 radical (unpaired) electrons. The molecule has 0 aliphatic carbocycles. The van der Waals surface area contributed by atoms with Gasteiger partial charge in [-0.25, -0.2) is 4.79 Å². The fourth-order valence-corrected chi connectivity index (χ4v) is 3.23. The van der Waals surface area contributed by atoms with Crippen molar-refractivity contribution in [1.29, 1.82) is 0 Å². The van der Waals surface area contributed by atoms with E-state index in [9.17, 15) is 13.6 Å². The van der Waals surface area contributed by atoms with Crippen molar-refractivity contribution in [3.8, 4) is 11.5 Å². The van der Waals surface area contributed by atoms with Crippen molar-refractivity contribution in [3.05, 3.63) is 59.7 Å². The van der Waals surface area contributed by atoms with Gasteiger partial charge in [0.05, 0.1) is 30.1 Å². The van der Waals surface area contributed by atoms with Crippen LogP contribution in [0.4, 0.5) is 19.3 Å². The quantitative estimate of drug-likeness (QED) is 0.586. The number of carbonyl (C=O) groups is 1. The van der Waals surface area contributed by atoms with Crippen LogP contribution in [0.25, 0.3) is 11.5 Å². The van der Waals surface area contributed by atoms with Gasteiger partial charge in [-0.15, -0.1) is 10.2 Å². The number of hydrogen-bond acceptors (Lipinski definition) is 6. The Morgan fingerprint density at radius 2 is 2.03 bits per heavy atom. The van der Waals surface area contributed by atoms with Gasteiger partial charge < -0.3 is 14.1 Å². The molecule has 0 bridgehead atoms. The van der Waals surface area contributed by atoms with Crippen molar-refractivity contribution < 1.29 is 22.7 Å². The van der Waals surface area contributed by atoms with E-state index >= 15 is 0 Å². The number of urea groups is 1. The monoisotopic (exact) mass is 415 g/mol. The topological polar surface area (TPSA) is 84.6 Å². The summed E-state index contributed by atoms with van der Waals surface area (Å²) in [4.78, 5) is 20.8. The number of hydrogen-bond donors (Lipinski definition) is 0. The number of amides is 2. The van der Waals surface area contributed by atoms with Crippen LogP contribution in [0.2, 0.25) is 0 Å². The molecule has 0 unspecified atom stereocenters. The number of nitrogens with zero attached hydrogens (tertiary/aromatic N) is 5. The lowest BCUT2D eigenvalue weighted by Crippen LogP contribution is -2.47. The highest BCUT2D eigenvalue weighted by Gasteiger charge is 2.30. The van der Waals surface area contributed by atoms with Crippen LogP contribution in [0.1, 0.15) is 23.6 Å². The zero-order valence-corrected chi connectivity index (χ0v) is 16.2. The van der Waals surface area contributed by atoms with E-state index < -0.39 is 12.3 Å². The lowest BCUT2D eigenvalue weighted by atomic mass is 10.1. The number of carbonyl (C=O) groups excluding carboxylic acids is 1. The summed E-state index contributed by atoms with van der Waals surface area (Å²) in [5, 5.41) is 6.93. The molecule has 0 saturated carbocycles. The van der Waals surface area contributed by atoms with Gasteiger partial charge in [0.15, 0.2) is 0 Å². The van der Waals surface area contributed by atoms with E-state index in [1.54, 1.807) is 29.0 Å². The van der Waals surface area contributed by atoms with Crippen LogP contribution < -0.4 is 4.90 Å². The first-order valence-corrected chi connectivity index (χ1v) is 9.27. The maximum Gasteiger partial charge on any atom is 0.325 e. The minimum Gasteiger partial charge on any atom is -0.415 e. The molecule has 0 fully saturated rings. The van der Waals surface area contributed by atoms with Crippen molar-refractivity contribution in [2.45, 2.75) is 19.5 Å². The normalized spacial score (nSPS) is 13.8. The van der Waals surface area contributed by atoms with Crippen molar-refractivity contribution in [3.63, 3.8) is 0 Å². The fraction of sp³-hybridized carbons (Fsp3) is 0.300. The van der Waals surface area contributed by atoms with E-state index in [0.717, 1.165) is 11.3 Å². The summed E-state index contributed by atoms with van der Waals surface area (Å²) in [6.45, 7) is 1.70. The molecule has 3 heterocycles. The summed E-state index contributed by atoms with van der Waals surface area (Å²) in [6, 6.07) is 10.9. The second-order valence-electron chi connectivity index (χ2n) is 6.70. The molecule has 2 amide bonds. The lowest BCUT2D eigenvalue weighted by Gasteiger charge is -2.36. The van der Waals surface area contributed by atoms with E-state index in [1.807, 2.05) is 24.3 Å². The Balaban J connectivity index is 1.55. The van der Waals surface area contributed by atoms with Gasteiger partial charge in [0.1, 0.15) is 0 Å². The summed E-state index contributed by atoms with van der Waals surface area (Å²) < 4.78 is 35.3. The van der Waals surface area contributed by atoms with E-state index in [-0.39, 0.29) is 18.5 Å². The molecule has 0 atom stereocenters. The van der Waals surface area contributed by atoms with Crippen LogP contribution in [0.15, 0.2) is 47.0 Å². The molecule has 0 N–H and O–H groups in total. The number of anilines is 1. The summed E-state index contributed by atoms with van der Waals surface area (Å²) in [7, 11) is 1.60. The predicted molar refractivity (Wildman–Crippen MR) is 103 cm³/mol. The molecule has 2 aromatic heterocycles. The maximum absolute atomic E-state index is 13.0. The highest BCUT2D eigenvalue weighted by Crippen LogP contribution is 2.30. The van der Waals surface area contributed by atoms with E-state index in [0.29, 0.717) is 31.0 Å². The Hall–Kier alpha value is -3.40. The van der Waals surface area contributed by atoms with E-state index in [2.05, 4.69) is 15.2 Å². The SMILES string of the molecule is COCCN1Cc2ccccc2N(Cc2ccc(-c3nnc(C(F)F)o3)cn2)C1=O. The van der Waals surface area contributed by atoms with Crippen LogP contribution >= 0.6 is 0 Å². The van der Waals surface area contributed by atoms with Crippen LogP contribution in [-0.2, 0) is 17.8 Å². The Kier molecular flexibility index (Phi) is 5.66. The average molecular weight is 415 g/mol.